The van der Waals surface area contributed by atoms with Crippen LogP contribution in [0.4, 0.5) is 4.39 Å². The van der Waals surface area contributed by atoms with E-state index in [1.54, 1.807) is 0 Å². The molecule has 2 rings (SSSR count). The first-order valence-electron chi connectivity index (χ1n) is 3.39. The van der Waals surface area contributed by atoms with E-state index in [0.29, 0.717) is 4.48 Å². The van der Waals surface area contributed by atoms with E-state index in [9.17, 15) is 4.39 Å². The molecule has 0 fully saturated rings. The molecule has 0 bridgehead atoms. The lowest BCUT2D eigenvalue weighted by Gasteiger charge is -2.00. The monoisotopic (exact) mass is 212 g/mol. The lowest BCUT2D eigenvalue weighted by atomic mass is 10.1. The molecule has 0 saturated carbocycles. The zero-order valence-electron chi connectivity index (χ0n) is 5.72. The Kier molecular flexibility index (Phi) is 1.57. The molecule has 0 aliphatic heterocycles. The van der Waals surface area contributed by atoms with Crippen LogP contribution in [0.5, 0.6) is 0 Å². The molecule has 0 amide bonds. The van der Waals surface area contributed by atoms with Gasteiger partial charge in [0.15, 0.2) is 6.17 Å². The second kappa shape index (κ2) is 2.45. The maximum absolute atomic E-state index is 13.2. The number of alkyl halides is 1. The Hall–Kier alpha value is -0.630. The van der Waals surface area contributed by atoms with E-state index in [4.69, 9.17) is 0 Å². The molecule has 0 nitrogen and oxygen atoms in total. The van der Waals surface area contributed by atoms with Gasteiger partial charge in [-0.1, -0.05) is 40.2 Å². The molecular weight excluding hydrogens is 207 g/mol. The van der Waals surface area contributed by atoms with E-state index in [0.717, 1.165) is 11.1 Å². The summed E-state index contributed by atoms with van der Waals surface area (Å²) in [5.74, 6) is 0. The average molecular weight is 213 g/mol. The summed E-state index contributed by atoms with van der Waals surface area (Å²) in [5.41, 5.74) is 1.74. The number of hydrogen-bond acceptors (Lipinski definition) is 0. The molecule has 0 heterocycles. The number of rotatable bonds is 0. The van der Waals surface area contributed by atoms with E-state index in [1.165, 1.54) is 0 Å². The van der Waals surface area contributed by atoms with E-state index < -0.39 is 6.17 Å². The van der Waals surface area contributed by atoms with Crippen molar-refractivity contribution in [3.8, 4) is 0 Å². The average Bonchev–Trinajstić information content (AvgIpc) is 2.30. The van der Waals surface area contributed by atoms with Gasteiger partial charge in [-0.3, -0.25) is 0 Å². The van der Waals surface area contributed by atoms with Crippen molar-refractivity contribution >= 4 is 22.0 Å². The number of fused-ring (bicyclic) bond motifs is 1. The molecule has 11 heavy (non-hydrogen) atoms. The third-order valence-electron chi connectivity index (χ3n) is 1.80. The van der Waals surface area contributed by atoms with Crippen molar-refractivity contribution in [1.82, 2.24) is 0 Å². The van der Waals surface area contributed by atoms with Crippen LogP contribution in [0, 0.1) is 0 Å². The largest absolute Gasteiger partial charge is 0.236 e. The second-order valence-electron chi connectivity index (χ2n) is 2.52. The molecule has 2 heteroatoms. The normalized spacial score (nSPS) is 21.3. The van der Waals surface area contributed by atoms with Gasteiger partial charge in [0, 0.05) is 4.48 Å². The van der Waals surface area contributed by atoms with Crippen molar-refractivity contribution in [3.63, 3.8) is 0 Å². The first kappa shape index (κ1) is 7.04. The molecule has 0 aromatic heterocycles. The van der Waals surface area contributed by atoms with Gasteiger partial charge in [0.1, 0.15) is 0 Å². The van der Waals surface area contributed by atoms with Gasteiger partial charge >= 0.3 is 0 Å². The minimum Gasteiger partial charge on any atom is -0.236 e. The number of halogens is 2. The van der Waals surface area contributed by atoms with Gasteiger partial charge in [-0.2, -0.15) is 0 Å². The predicted molar refractivity (Wildman–Crippen MR) is 47.2 cm³/mol. The predicted octanol–water partition coefficient (Wildman–Crippen LogP) is 3.45. The molecule has 1 aromatic rings. The summed E-state index contributed by atoms with van der Waals surface area (Å²) in [4.78, 5) is 0. The Morgan fingerprint density at radius 1 is 1.27 bits per heavy atom. The molecule has 0 radical (unpaired) electrons. The van der Waals surface area contributed by atoms with Crippen LogP contribution in [0.3, 0.4) is 0 Å². The minimum absolute atomic E-state index is 0.624. The van der Waals surface area contributed by atoms with Crippen molar-refractivity contribution in [2.45, 2.75) is 6.17 Å². The van der Waals surface area contributed by atoms with Gasteiger partial charge in [0.2, 0.25) is 0 Å². The van der Waals surface area contributed by atoms with Gasteiger partial charge in [-0.15, -0.1) is 0 Å². The Balaban J connectivity index is 2.58. The fourth-order valence-corrected chi connectivity index (χ4v) is 1.74. The van der Waals surface area contributed by atoms with Gasteiger partial charge in [0.05, 0.1) is 0 Å². The summed E-state index contributed by atoms with van der Waals surface area (Å²) >= 11 is 3.17. The van der Waals surface area contributed by atoms with Crippen LogP contribution < -0.4 is 0 Å². The molecule has 1 atom stereocenters. The first-order chi connectivity index (χ1) is 5.29. The molecule has 1 aliphatic rings. The second-order valence-corrected chi connectivity index (χ2v) is 3.44. The van der Waals surface area contributed by atoms with Crippen LogP contribution in [0.2, 0.25) is 0 Å². The highest BCUT2D eigenvalue weighted by atomic mass is 79.9. The fourth-order valence-electron chi connectivity index (χ4n) is 1.24. The van der Waals surface area contributed by atoms with E-state index in [1.807, 2.05) is 30.3 Å². The van der Waals surface area contributed by atoms with Crippen molar-refractivity contribution in [1.29, 1.82) is 0 Å². The highest BCUT2D eigenvalue weighted by Crippen LogP contribution is 2.39. The van der Waals surface area contributed by atoms with Crippen LogP contribution >= 0.6 is 15.9 Å². The van der Waals surface area contributed by atoms with E-state index >= 15 is 0 Å². The van der Waals surface area contributed by atoms with Crippen molar-refractivity contribution in [3.05, 3.63) is 39.9 Å². The summed E-state index contributed by atoms with van der Waals surface area (Å²) in [5, 5.41) is 0. The SMILES string of the molecule is FC1C(Br)=Cc2ccccc21. The smallest absolute Gasteiger partial charge is 0.157 e. The Bertz CT molecular complexity index is 317. The van der Waals surface area contributed by atoms with Gasteiger partial charge in [-0.25, -0.2) is 4.39 Å². The molecule has 1 aromatic carbocycles. The number of allylic oxidation sites excluding steroid dienone is 1. The summed E-state index contributed by atoms with van der Waals surface area (Å²) in [6.45, 7) is 0. The minimum atomic E-state index is -0.953. The highest BCUT2D eigenvalue weighted by Gasteiger charge is 2.21. The lowest BCUT2D eigenvalue weighted by molar-refractivity contribution is 0.416. The molecule has 1 unspecified atom stereocenters. The first-order valence-corrected chi connectivity index (χ1v) is 4.18. The van der Waals surface area contributed by atoms with Crippen molar-refractivity contribution in [2.24, 2.45) is 0 Å². The molecule has 0 N–H and O–H groups in total. The Morgan fingerprint density at radius 2 is 2.00 bits per heavy atom. The maximum Gasteiger partial charge on any atom is 0.157 e. The van der Waals surface area contributed by atoms with Crippen LogP contribution in [-0.2, 0) is 0 Å². The number of benzene rings is 1. The third kappa shape index (κ3) is 1.02. The zero-order chi connectivity index (χ0) is 7.84. The van der Waals surface area contributed by atoms with Crippen LogP contribution in [0.15, 0.2) is 28.7 Å². The topological polar surface area (TPSA) is 0 Å². The number of hydrogen-bond donors (Lipinski definition) is 0. The van der Waals surface area contributed by atoms with Gasteiger partial charge < -0.3 is 0 Å². The highest BCUT2D eigenvalue weighted by molar-refractivity contribution is 9.11. The maximum atomic E-state index is 13.2. The van der Waals surface area contributed by atoms with Crippen LogP contribution in [-0.4, -0.2) is 0 Å². The van der Waals surface area contributed by atoms with Crippen LogP contribution in [0.1, 0.15) is 17.3 Å². The molecule has 56 valence electrons. The quantitative estimate of drug-likeness (QED) is 0.619. The molecule has 0 saturated heterocycles. The van der Waals surface area contributed by atoms with Gasteiger partial charge in [0.25, 0.3) is 0 Å². The van der Waals surface area contributed by atoms with E-state index in [2.05, 4.69) is 15.9 Å². The van der Waals surface area contributed by atoms with Crippen molar-refractivity contribution in [2.75, 3.05) is 0 Å². The van der Waals surface area contributed by atoms with Crippen LogP contribution in [0.25, 0.3) is 6.08 Å². The lowest BCUT2D eigenvalue weighted by Crippen LogP contribution is -1.85. The van der Waals surface area contributed by atoms with Gasteiger partial charge in [-0.05, 0) is 17.2 Å². The third-order valence-corrected chi connectivity index (χ3v) is 2.44. The fraction of sp³-hybridized carbons (Fsp3) is 0.111. The van der Waals surface area contributed by atoms with E-state index in [-0.39, 0.29) is 0 Å². The Morgan fingerprint density at radius 3 is 2.73 bits per heavy atom. The summed E-state index contributed by atoms with van der Waals surface area (Å²) < 4.78 is 13.8. The summed E-state index contributed by atoms with van der Waals surface area (Å²) in [6.07, 6.45) is 0.867. The molecular formula is C9H6BrF. The Labute approximate surface area is 72.9 Å². The summed E-state index contributed by atoms with van der Waals surface area (Å²) in [6, 6.07) is 7.49. The zero-order valence-corrected chi connectivity index (χ0v) is 7.31. The molecule has 1 aliphatic carbocycles. The standard InChI is InChI=1S/C9H6BrF/c10-8-5-6-3-1-2-4-7(6)9(8)11/h1-5,9H. The van der Waals surface area contributed by atoms with Crippen molar-refractivity contribution < 1.29 is 4.39 Å². The molecule has 0 spiro atoms. The summed E-state index contributed by atoms with van der Waals surface area (Å²) in [7, 11) is 0.